The van der Waals surface area contributed by atoms with E-state index in [-0.39, 0.29) is 35.6 Å². The van der Waals surface area contributed by atoms with Crippen molar-refractivity contribution in [3.8, 4) is 5.75 Å². The molecule has 1 atom stereocenters. The molecule has 1 aromatic carbocycles. The molecule has 34 heavy (non-hydrogen) atoms. The first kappa shape index (κ1) is 26.6. The van der Waals surface area contributed by atoms with Crippen molar-refractivity contribution in [2.24, 2.45) is 7.05 Å². The van der Waals surface area contributed by atoms with E-state index < -0.39 is 23.2 Å². The summed E-state index contributed by atoms with van der Waals surface area (Å²) in [6, 6.07) is 10.4. The van der Waals surface area contributed by atoms with Gasteiger partial charge in [0.15, 0.2) is 5.78 Å². The molecule has 0 spiro atoms. The van der Waals surface area contributed by atoms with E-state index in [1.54, 1.807) is 38.2 Å². The third kappa shape index (κ3) is 4.95. The molecule has 0 saturated heterocycles. The molecule has 8 nitrogen and oxygen atoms in total. The van der Waals surface area contributed by atoms with Gasteiger partial charge in [0.2, 0.25) is 0 Å². The number of carbonyl (C=O) groups excluding carboxylic acids is 2. The Bertz CT molecular complexity index is 1320. The summed E-state index contributed by atoms with van der Waals surface area (Å²) < 4.78 is 13.4. The number of Topliss-reactive ketones (excluding diaryl/α,β-unsaturated/α-hetero) is 1. The highest BCUT2D eigenvalue weighted by atomic mass is 16.5. The Balaban J connectivity index is 0.000000970. The number of ketones is 1. The minimum absolute atomic E-state index is 0.00461. The predicted molar refractivity (Wildman–Crippen MR) is 132 cm³/mol. The van der Waals surface area contributed by atoms with Crippen molar-refractivity contribution in [1.29, 1.82) is 0 Å². The number of benzene rings is 1. The second-order valence-corrected chi connectivity index (χ2v) is 7.25. The summed E-state index contributed by atoms with van der Waals surface area (Å²) in [4.78, 5) is 50.4. The molecular formula is C26H32N2O6. The van der Waals surface area contributed by atoms with E-state index in [1.165, 1.54) is 16.2 Å². The Morgan fingerprint density at radius 3 is 2.35 bits per heavy atom. The van der Waals surface area contributed by atoms with Crippen LogP contribution in [0.1, 0.15) is 61.8 Å². The topological polar surface area (TPSA) is 96.6 Å². The molecule has 1 unspecified atom stereocenters. The standard InChI is InChI=1S/C22H20N2O6.2C2H6/c1-12-8-18-20(22(28)23(12)2)16(25)10-17(30-18)14-9-13-6-4-5-7-15(13)24(21(14)27)11-19(26)29-3;2*1-2/h4-9,17H,10-11H2,1-3H3;2*1-2H3. The van der Waals surface area contributed by atoms with E-state index in [4.69, 9.17) is 9.47 Å². The molecule has 1 aliphatic heterocycles. The Morgan fingerprint density at radius 2 is 1.71 bits per heavy atom. The predicted octanol–water partition coefficient (Wildman–Crippen LogP) is 3.94. The van der Waals surface area contributed by atoms with Crippen LogP contribution >= 0.6 is 0 Å². The molecule has 0 radical (unpaired) electrons. The largest absolute Gasteiger partial charge is 0.484 e. The van der Waals surface area contributed by atoms with Gasteiger partial charge >= 0.3 is 5.97 Å². The van der Waals surface area contributed by atoms with Crippen LogP contribution in [0.15, 0.2) is 46.0 Å². The van der Waals surface area contributed by atoms with Gasteiger partial charge in [0.1, 0.15) is 24.0 Å². The second kappa shape index (κ2) is 11.4. The summed E-state index contributed by atoms with van der Waals surface area (Å²) in [5.74, 6) is -0.776. The van der Waals surface area contributed by atoms with Gasteiger partial charge in [0.25, 0.3) is 11.1 Å². The highest BCUT2D eigenvalue weighted by Gasteiger charge is 2.33. The zero-order valence-corrected chi connectivity index (χ0v) is 20.8. The fourth-order valence-corrected chi connectivity index (χ4v) is 3.71. The number of carbonyl (C=O) groups is 2. The lowest BCUT2D eigenvalue weighted by Crippen LogP contribution is -2.35. The van der Waals surface area contributed by atoms with Gasteiger partial charge in [0, 0.05) is 18.8 Å². The Hall–Kier alpha value is -3.68. The molecule has 0 fully saturated rings. The minimum Gasteiger partial charge on any atom is -0.484 e. The normalized spacial score (nSPS) is 14.1. The van der Waals surface area contributed by atoms with Crippen molar-refractivity contribution >= 4 is 22.7 Å². The van der Waals surface area contributed by atoms with E-state index in [0.717, 1.165) is 5.39 Å². The molecule has 2 aromatic heterocycles. The minimum atomic E-state index is -0.863. The fourth-order valence-electron chi connectivity index (χ4n) is 3.71. The van der Waals surface area contributed by atoms with Gasteiger partial charge in [-0.25, -0.2) is 0 Å². The Morgan fingerprint density at radius 1 is 1.06 bits per heavy atom. The maximum absolute atomic E-state index is 13.2. The lowest BCUT2D eigenvalue weighted by atomic mass is 9.96. The van der Waals surface area contributed by atoms with Crippen molar-refractivity contribution in [2.45, 2.75) is 53.7 Å². The highest BCUT2D eigenvalue weighted by Crippen LogP contribution is 2.33. The number of rotatable bonds is 3. The second-order valence-electron chi connectivity index (χ2n) is 7.25. The molecule has 0 bridgehead atoms. The van der Waals surface area contributed by atoms with E-state index in [1.807, 2.05) is 39.8 Å². The molecule has 0 amide bonds. The molecule has 4 rings (SSSR count). The van der Waals surface area contributed by atoms with Crippen molar-refractivity contribution in [2.75, 3.05) is 7.11 Å². The number of methoxy groups -OCH3 is 1. The molecule has 182 valence electrons. The average molecular weight is 469 g/mol. The smallest absolute Gasteiger partial charge is 0.325 e. The summed E-state index contributed by atoms with van der Waals surface area (Å²) in [6.07, 6.45) is -1.01. The van der Waals surface area contributed by atoms with E-state index >= 15 is 0 Å². The van der Waals surface area contributed by atoms with Crippen LogP contribution in [0, 0.1) is 6.92 Å². The van der Waals surface area contributed by atoms with Gasteiger partial charge in [0.05, 0.1) is 24.6 Å². The fraction of sp³-hybridized carbons (Fsp3) is 0.385. The monoisotopic (exact) mass is 468 g/mol. The van der Waals surface area contributed by atoms with Crippen molar-refractivity contribution in [3.63, 3.8) is 0 Å². The van der Waals surface area contributed by atoms with Gasteiger partial charge in [-0.2, -0.15) is 0 Å². The summed E-state index contributed by atoms with van der Waals surface area (Å²) in [5.41, 5.74) is 0.582. The van der Waals surface area contributed by atoms with Crippen LogP contribution in [-0.4, -0.2) is 28.0 Å². The lowest BCUT2D eigenvalue weighted by Gasteiger charge is -2.26. The van der Waals surface area contributed by atoms with Gasteiger partial charge in [-0.1, -0.05) is 45.9 Å². The Kier molecular flexibility index (Phi) is 8.95. The molecule has 1 aliphatic rings. The zero-order valence-electron chi connectivity index (χ0n) is 20.8. The first-order chi connectivity index (χ1) is 16.3. The number of pyridine rings is 2. The van der Waals surface area contributed by atoms with Crippen molar-refractivity contribution < 1.29 is 19.1 Å². The number of fused-ring (bicyclic) bond motifs is 2. The molecule has 8 heteroatoms. The number of ether oxygens (including phenoxy) is 2. The Labute approximate surface area is 198 Å². The SMILES string of the molecule is CC.CC.COC(=O)Cn1c(=O)c(C2CC(=O)c3c(cc(C)n(C)c3=O)O2)cc2ccccc21. The van der Waals surface area contributed by atoms with E-state index in [0.29, 0.717) is 11.2 Å². The first-order valence-electron chi connectivity index (χ1n) is 11.4. The number of hydrogen-bond donors (Lipinski definition) is 0. The van der Waals surface area contributed by atoms with Crippen LogP contribution in [-0.2, 0) is 23.1 Å². The molecule has 0 aliphatic carbocycles. The van der Waals surface area contributed by atoms with Crippen LogP contribution in [0.3, 0.4) is 0 Å². The molecule has 3 aromatic rings. The van der Waals surface area contributed by atoms with Gasteiger partial charge in [-0.05, 0) is 24.4 Å². The van der Waals surface area contributed by atoms with Gasteiger partial charge in [-0.15, -0.1) is 0 Å². The first-order valence-corrected chi connectivity index (χ1v) is 11.4. The number of nitrogens with zero attached hydrogens (tertiary/aromatic N) is 2. The molecular weight excluding hydrogens is 436 g/mol. The van der Waals surface area contributed by atoms with E-state index in [2.05, 4.69) is 0 Å². The van der Waals surface area contributed by atoms with Crippen molar-refractivity contribution in [1.82, 2.24) is 9.13 Å². The average Bonchev–Trinajstić information content (AvgIpc) is 2.86. The highest BCUT2D eigenvalue weighted by molar-refractivity contribution is 5.99. The number of para-hydroxylation sites is 1. The van der Waals surface area contributed by atoms with Gasteiger partial charge in [-0.3, -0.25) is 23.7 Å². The number of hydrogen-bond acceptors (Lipinski definition) is 6. The number of esters is 1. The van der Waals surface area contributed by atoms with Crippen LogP contribution in [0.5, 0.6) is 5.75 Å². The quantitative estimate of drug-likeness (QED) is 0.540. The maximum atomic E-state index is 13.2. The molecule has 3 heterocycles. The maximum Gasteiger partial charge on any atom is 0.325 e. The number of aryl methyl sites for hydroxylation is 1. The zero-order chi connectivity index (χ0) is 25.6. The third-order valence-electron chi connectivity index (χ3n) is 5.45. The van der Waals surface area contributed by atoms with Crippen LogP contribution < -0.4 is 15.9 Å². The van der Waals surface area contributed by atoms with E-state index in [9.17, 15) is 19.2 Å². The van der Waals surface area contributed by atoms with Crippen molar-refractivity contribution in [3.05, 3.63) is 73.9 Å². The lowest BCUT2D eigenvalue weighted by molar-refractivity contribution is -0.141. The molecule has 0 saturated carbocycles. The summed E-state index contributed by atoms with van der Waals surface area (Å²) in [7, 11) is 2.84. The number of aromatic nitrogens is 2. The van der Waals surface area contributed by atoms with Crippen LogP contribution in [0.25, 0.3) is 10.9 Å². The van der Waals surface area contributed by atoms with Crippen LogP contribution in [0.2, 0.25) is 0 Å². The van der Waals surface area contributed by atoms with Crippen LogP contribution in [0.4, 0.5) is 0 Å². The molecule has 0 N–H and O–H groups in total. The third-order valence-corrected chi connectivity index (χ3v) is 5.45. The summed E-state index contributed by atoms with van der Waals surface area (Å²) in [5, 5.41) is 0.720. The van der Waals surface area contributed by atoms with Gasteiger partial charge < -0.3 is 14.0 Å². The summed E-state index contributed by atoms with van der Waals surface area (Å²) in [6.45, 7) is 9.47. The summed E-state index contributed by atoms with van der Waals surface area (Å²) >= 11 is 0.